The van der Waals surface area contributed by atoms with Gasteiger partial charge in [-0.1, -0.05) is 6.08 Å². The van der Waals surface area contributed by atoms with Crippen LogP contribution in [0.3, 0.4) is 0 Å². The quantitative estimate of drug-likeness (QED) is 0.788. The molecule has 0 radical (unpaired) electrons. The lowest BCUT2D eigenvalue weighted by molar-refractivity contribution is -0.142. The van der Waals surface area contributed by atoms with Crippen LogP contribution >= 0.6 is 22.7 Å². The van der Waals surface area contributed by atoms with Crippen molar-refractivity contribution in [1.82, 2.24) is 4.90 Å². The number of rotatable bonds is 6. The fraction of sp³-hybridized carbons (Fsp3) is 0.421. The van der Waals surface area contributed by atoms with Gasteiger partial charge in [-0.15, -0.1) is 22.7 Å². The molecule has 134 valence electrons. The average molecular weight is 380 g/mol. The number of hydrogen-bond acceptors (Lipinski definition) is 4. The topological polar surface area (TPSA) is 40.5 Å². The van der Waals surface area contributed by atoms with Crippen LogP contribution < -0.4 is 0 Å². The van der Waals surface area contributed by atoms with Crippen LogP contribution in [-0.2, 0) is 4.79 Å². The number of carboxylic acids is 1. The largest absolute Gasteiger partial charge is 0.480 e. The van der Waals surface area contributed by atoms with Crippen LogP contribution in [0.2, 0.25) is 0 Å². The van der Waals surface area contributed by atoms with Crippen LogP contribution in [0.5, 0.6) is 0 Å². The van der Waals surface area contributed by atoms with Crippen molar-refractivity contribution in [2.24, 2.45) is 0 Å². The summed E-state index contributed by atoms with van der Waals surface area (Å²) in [6.45, 7) is 5.00. The summed E-state index contributed by atoms with van der Waals surface area (Å²) in [6, 6.07) is 3.54. The standard InChI is InChI=1S/C19H22FNO2S2/c1-12-5-8-24-17(12)15(18-13(2)6-9-25-18)4-3-7-21-11-14(20)10-16(21)19(22)23/h4-6,8-9,14,16H,3,7,10-11H2,1-2H3,(H,22,23)/t14-,16-/m0/s1. The molecule has 0 amide bonds. The molecule has 2 aromatic rings. The third-order valence-corrected chi connectivity index (χ3v) is 6.72. The first-order valence-electron chi connectivity index (χ1n) is 8.37. The van der Waals surface area contributed by atoms with Crippen LogP contribution in [0, 0.1) is 13.8 Å². The lowest BCUT2D eigenvalue weighted by atomic mass is 10.1. The second kappa shape index (κ2) is 7.81. The van der Waals surface area contributed by atoms with E-state index in [9.17, 15) is 14.3 Å². The Morgan fingerprint density at radius 1 is 1.28 bits per heavy atom. The molecule has 0 bridgehead atoms. The highest BCUT2D eigenvalue weighted by Gasteiger charge is 2.36. The number of halogens is 1. The SMILES string of the molecule is Cc1ccsc1C(=CCCN1C[C@@H](F)C[C@H]1C(=O)O)c1sccc1C. The minimum atomic E-state index is -1.04. The number of alkyl halides is 1. The molecule has 0 spiro atoms. The summed E-state index contributed by atoms with van der Waals surface area (Å²) < 4.78 is 13.6. The van der Waals surface area contributed by atoms with Gasteiger partial charge in [0.15, 0.2) is 0 Å². The van der Waals surface area contributed by atoms with Crippen molar-refractivity contribution in [3.05, 3.63) is 49.9 Å². The summed E-state index contributed by atoms with van der Waals surface area (Å²) >= 11 is 3.45. The van der Waals surface area contributed by atoms with Gasteiger partial charge in [0.2, 0.25) is 0 Å². The van der Waals surface area contributed by atoms with Crippen molar-refractivity contribution in [3.63, 3.8) is 0 Å². The van der Waals surface area contributed by atoms with E-state index in [0.717, 1.165) is 0 Å². The van der Waals surface area contributed by atoms with Gasteiger partial charge in [-0.05, 0) is 54.3 Å². The molecule has 1 N–H and O–H groups in total. The van der Waals surface area contributed by atoms with E-state index in [2.05, 4.69) is 42.8 Å². The van der Waals surface area contributed by atoms with Gasteiger partial charge >= 0.3 is 5.97 Å². The maximum atomic E-state index is 13.6. The highest BCUT2D eigenvalue weighted by Crippen LogP contribution is 2.35. The third kappa shape index (κ3) is 4.02. The summed E-state index contributed by atoms with van der Waals surface area (Å²) in [6.07, 6.45) is 1.95. The summed E-state index contributed by atoms with van der Waals surface area (Å²) in [5.74, 6) is -0.924. The van der Waals surface area contributed by atoms with E-state index in [4.69, 9.17) is 0 Å². The molecular weight excluding hydrogens is 357 g/mol. The van der Waals surface area contributed by atoms with Gasteiger partial charge in [-0.2, -0.15) is 0 Å². The number of hydrogen-bond donors (Lipinski definition) is 1. The number of aliphatic carboxylic acids is 1. The molecule has 0 unspecified atom stereocenters. The van der Waals surface area contributed by atoms with Gasteiger partial charge < -0.3 is 5.11 Å². The van der Waals surface area contributed by atoms with Gasteiger partial charge in [-0.3, -0.25) is 9.69 Å². The molecule has 25 heavy (non-hydrogen) atoms. The fourth-order valence-corrected chi connectivity index (χ4v) is 5.33. The summed E-state index contributed by atoms with van der Waals surface area (Å²) in [5, 5.41) is 13.4. The Hall–Kier alpha value is -1.50. The van der Waals surface area contributed by atoms with Gasteiger partial charge in [0.25, 0.3) is 0 Å². The molecule has 1 aliphatic heterocycles. The minimum absolute atomic E-state index is 0.0972. The van der Waals surface area contributed by atoms with Crippen molar-refractivity contribution in [1.29, 1.82) is 0 Å². The molecule has 3 nitrogen and oxygen atoms in total. The first kappa shape index (κ1) is 18.3. The number of thiophene rings is 2. The van der Waals surface area contributed by atoms with Gasteiger partial charge in [0.05, 0.1) is 0 Å². The predicted octanol–water partition coefficient (Wildman–Crippen LogP) is 4.75. The molecular formula is C19H22FNO2S2. The molecule has 3 rings (SSSR count). The molecule has 3 heterocycles. The molecule has 1 aliphatic rings. The second-order valence-electron chi connectivity index (χ2n) is 6.45. The Bertz CT molecular complexity index is 738. The maximum absolute atomic E-state index is 13.6. The molecule has 2 aromatic heterocycles. The van der Waals surface area contributed by atoms with Crippen molar-refractivity contribution >= 4 is 34.2 Å². The Morgan fingerprint density at radius 3 is 2.36 bits per heavy atom. The van der Waals surface area contributed by atoms with Crippen LogP contribution in [0.25, 0.3) is 5.57 Å². The van der Waals surface area contributed by atoms with Crippen LogP contribution in [0.1, 0.15) is 33.7 Å². The number of carbonyl (C=O) groups is 1. The molecule has 0 aromatic carbocycles. The monoisotopic (exact) mass is 379 g/mol. The summed E-state index contributed by atoms with van der Waals surface area (Å²) in [7, 11) is 0. The van der Waals surface area contributed by atoms with E-state index < -0.39 is 18.2 Å². The number of aryl methyl sites for hydroxylation is 2. The minimum Gasteiger partial charge on any atom is -0.480 e. The van der Waals surface area contributed by atoms with Crippen molar-refractivity contribution < 1.29 is 14.3 Å². The average Bonchev–Trinajstić information content (AvgIpc) is 3.25. The first-order chi connectivity index (χ1) is 12.0. The molecule has 1 fully saturated rings. The molecule has 2 atom stereocenters. The normalized spacial score (nSPS) is 20.8. The van der Waals surface area contributed by atoms with Crippen molar-refractivity contribution in [2.45, 2.75) is 38.9 Å². The van der Waals surface area contributed by atoms with Gasteiger partial charge in [0.1, 0.15) is 12.2 Å². The second-order valence-corrected chi connectivity index (χ2v) is 8.29. The first-order valence-corrected chi connectivity index (χ1v) is 10.1. The Balaban J connectivity index is 1.79. The Morgan fingerprint density at radius 2 is 1.88 bits per heavy atom. The van der Waals surface area contributed by atoms with Crippen LogP contribution in [0.4, 0.5) is 4.39 Å². The molecule has 0 aliphatic carbocycles. The highest BCUT2D eigenvalue weighted by atomic mass is 32.1. The van der Waals surface area contributed by atoms with Crippen LogP contribution in [0.15, 0.2) is 29.0 Å². The zero-order valence-corrected chi connectivity index (χ0v) is 16.0. The summed E-state index contributed by atoms with van der Waals surface area (Å²) in [4.78, 5) is 15.6. The van der Waals surface area contributed by atoms with E-state index in [-0.39, 0.29) is 13.0 Å². The fourth-order valence-electron chi connectivity index (χ4n) is 3.31. The number of carboxylic acid groups (broad SMARTS) is 1. The number of nitrogens with zero attached hydrogens (tertiary/aromatic N) is 1. The summed E-state index contributed by atoms with van der Waals surface area (Å²) in [5.41, 5.74) is 3.71. The number of likely N-dealkylation sites (tertiary alicyclic amines) is 1. The Labute approximate surface area is 155 Å². The highest BCUT2D eigenvalue weighted by molar-refractivity contribution is 7.14. The Kier molecular flexibility index (Phi) is 5.71. The molecule has 1 saturated heterocycles. The third-order valence-electron chi connectivity index (χ3n) is 4.62. The lowest BCUT2D eigenvalue weighted by Crippen LogP contribution is -2.36. The van der Waals surface area contributed by atoms with E-state index in [1.807, 2.05) is 0 Å². The zero-order chi connectivity index (χ0) is 18.0. The smallest absolute Gasteiger partial charge is 0.321 e. The van der Waals surface area contributed by atoms with Crippen molar-refractivity contribution in [3.8, 4) is 0 Å². The zero-order valence-electron chi connectivity index (χ0n) is 14.4. The van der Waals surface area contributed by atoms with E-state index in [0.29, 0.717) is 13.0 Å². The van der Waals surface area contributed by atoms with E-state index in [1.165, 1.54) is 26.5 Å². The van der Waals surface area contributed by atoms with Gasteiger partial charge in [-0.25, -0.2) is 4.39 Å². The van der Waals surface area contributed by atoms with Crippen LogP contribution in [-0.4, -0.2) is 41.3 Å². The maximum Gasteiger partial charge on any atom is 0.321 e. The molecule has 6 heteroatoms. The van der Waals surface area contributed by atoms with E-state index in [1.54, 1.807) is 27.6 Å². The molecule has 0 saturated carbocycles. The van der Waals surface area contributed by atoms with Crippen molar-refractivity contribution in [2.75, 3.05) is 13.1 Å². The van der Waals surface area contributed by atoms with E-state index >= 15 is 0 Å². The van der Waals surface area contributed by atoms with Gasteiger partial charge in [0, 0.05) is 34.8 Å². The lowest BCUT2D eigenvalue weighted by Gasteiger charge is -2.19. The predicted molar refractivity (Wildman–Crippen MR) is 102 cm³/mol.